The van der Waals surface area contributed by atoms with Crippen molar-refractivity contribution in [2.45, 2.75) is 52.4 Å². The molecule has 0 rings (SSSR count). The second kappa shape index (κ2) is 14.4. The first-order valence-corrected chi connectivity index (χ1v) is 4.98. The average molecular weight is 201 g/mol. The van der Waals surface area contributed by atoms with Gasteiger partial charge in [-0.25, -0.2) is 0 Å². The Labute approximate surface area is 87.4 Å². The number of carbonyl (C=O) groups is 1. The minimum absolute atomic E-state index is 0.614. The van der Waals surface area contributed by atoms with Gasteiger partial charge >= 0.3 is 6.52 Å². The van der Waals surface area contributed by atoms with Gasteiger partial charge in [-0.05, 0) is 13.3 Å². The summed E-state index contributed by atoms with van der Waals surface area (Å²) in [7, 11) is 0. The number of unbranched alkanes of at least 4 members (excludes halogenated alkanes) is 4. The van der Waals surface area contributed by atoms with Gasteiger partial charge in [-0.15, -0.1) is 0 Å². The van der Waals surface area contributed by atoms with Crippen LogP contribution < -0.4 is 5.11 Å². The number of hydrogen-bond donors (Lipinski definition) is 0. The first-order valence-electron chi connectivity index (χ1n) is 5.56. The van der Waals surface area contributed by atoms with Gasteiger partial charge in [0.2, 0.25) is 5.39 Å². The molecule has 0 spiro atoms. The molecule has 4 nitrogen and oxygen atoms in total. The van der Waals surface area contributed by atoms with Crippen molar-refractivity contribution in [3.8, 4) is 0 Å². The van der Waals surface area contributed by atoms with Crippen molar-refractivity contribution in [2.75, 3.05) is 6.52 Å². The van der Waals surface area contributed by atoms with Gasteiger partial charge in [0.15, 0.2) is 0 Å². The largest absolute Gasteiger partial charge is 0.550 e. The molecular weight excluding hydrogens is 180 g/mol. The molecule has 0 unspecified atom stereocenters. The van der Waals surface area contributed by atoms with Crippen molar-refractivity contribution in [1.82, 2.24) is 0 Å². The molecule has 0 aliphatic heterocycles. The Bertz CT molecular complexity index is 188. The van der Waals surface area contributed by atoms with Crippen molar-refractivity contribution in [1.29, 1.82) is 5.39 Å². The molecule has 0 saturated heterocycles. The number of diazo groups is 1. The number of aliphatic carboxylic acids is 1. The molecule has 0 aliphatic rings. The van der Waals surface area contributed by atoms with Crippen molar-refractivity contribution in [3.05, 3.63) is 4.98 Å². The fourth-order valence-electron chi connectivity index (χ4n) is 0.897. The molecular formula is C10H20N2O2. The van der Waals surface area contributed by atoms with Gasteiger partial charge in [0.05, 0.1) is 0 Å². The molecule has 0 amide bonds. The average Bonchev–Trinajstić information content (AvgIpc) is 2.16. The monoisotopic (exact) mass is 201 g/mol. The Balaban J connectivity index is 0. The van der Waals surface area contributed by atoms with Crippen LogP contribution in [0.3, 0.4) is 0 Å². The topological polar surface area (TPSA) is 68.3 Å². The van der Waals surface area contributed by atoms with E-state index in [1.165, 1.54) is 25.7 Å². The third-order valence-electron chi connectivity index (χ3n) is 1.52. The summed E-state index contributed by atoms with van der Waals surface area (Å²) in [6, 6.07) is 0. The van der Waals surface area contributed by atoms with Crippen LogP contribution in [-0.2, 0) is 4.79 Å². The normalized spacial score (nSPS) is 11.6. The molecule has 0 heterocycles. The lowest BCUT2D eigenvalue weighted by Gasteiger charge is -1.93. The number of rotatable bonds is 6. The Kier molecular flexibility index (Phi) is 13.3. The van der Waals surface area contributed by atoms with Gasteiger partial charge in [-0.2, -0.15) is 0 Å². The van der Waals surface area contributed by atoms with Crippen LogP contribution in [0.4, 0.5) is 0 Å². The molecule has 14 heavy (non-hydrogen) atoms. The number of carboxylic acids is 1. The summed E-state index contributed by atoms with van der Waals surface area (Å²) in [6.45, 7) is 2.53. The van der Waals surface area contributed by atoms with Crippen LogP contribution in [0.25, 0.3) is 4.98 Å². The van der Waals surface area contributed by atoms with Gasteiger partial charge in [-0.1, -0.05) is 32.6 Å². The first kappa shape index (κ1) is 12.9. The van der Waals surface area contributed by atoms with E-state index in [0.29, 0.717) is 6.42 Å². The highest BCUT2D eigenvalue weighted by Gasteiger charge is 1.93. The van der Waals surface area contributed by atoms with E-state index in [0.717, 1.165) is 13.3 Å². The standard InChI is InChI=1S/C8H17N2.C2H4O2/c1-2-3-4-5-6-7-8-10-9;1-2(3)4/h2-8H2,1H3;1H3,(H,3,4)/q+1;/p-1/i8D;/t8-;/m1./s1. The Morgan fingerprint density at radius 1 is 1.36 bits per heavy atom. The highest BCUT2D eigenvalue weighted by atomic mass is 16.4. The molecule has 82 valence electrons. The van der Waals surface area contributed by atoms with Gasteiger partial charge in [0, 0.05) is 12.4 Å². The van der Waals surface area contributed by atoms with Crippen molar-refractivity contribution >= 4 is 5.97 Å². The zero-order valence-corrected chi connectivity index (χ0v) is 9.03. The summed E-state index contributed by atoms with van der Waals surface area (Å²) in [5.74, 6) is -1.08. The lowest BCUT2D eigenvalue weighted by molar-refractivity contribution is -0.302. The summed E-state index contributed by atoms with van der Waals surface area (Å²) >= 11 is 0. The second-order valence-corrected chi connectivity index (χ2v) is 2.99. The first-order chi connectivity index (χ1) is 7.04. The maximum Gasteiger partial charge on any atom is 0.305 e. The van der Waals surface area contributed by atoms with E-state index < -0.39 is 12.5 Å². The van der Waals surface area contributed by atoms with Gasteiger partial charge < -0.3 is 9.90 Å². The lowest BCUT2D eigenvalue weighted by atomic mass is 10.1. The van der Waals surface area contributed by atoms with E-state index in [4.69, 9.17) is 16.7 Å². The summed E-state index contributed by atoms with van der Waals surface area (Å²) in [6.07, 6.45) is 6.64. The fraction of sp³-hybridized carbons (Fsp3) is 0.900. The van der Waals surface area contributed by atoms with Crippen LogP contribution in [0.5, 0.6) is 0 Å². The van der Waals surface area contributed by atoms with Crippen molar-refractivity contribution in [3.63, 3.8) is 0 Å². The van der Waals surface area contributed by atoms with E-state index in [1.807, 2.05) is 0 Å². The molecule has 0 aliphatic carbocycles. The molecule has 0 aromatic carbocycles. The van der Waals surface area contributed by atoms with Gasteiger partial charge in [-0.3, -0.25) is 0 Å². The van der Waals surface area contributed by atoms with E-state index in [2.05, 4.69) is 11.9 Å². The number of carbonyl (C=O) groups excluding carboxylic acids is 1. The van der Waals surface area contributed by atoms with Crippen LogP contribution >= 0.6 is 0 Å². The van der Waals surface area contributed by atoms with Gasteiger partial charge in [0.1, 0.15) is 6.35 Å². The zero-order chi connectivity index (χ0) is 12.1. The predicted molar refractivity (Wildman–Crippen MR) is 54.0 cm³/mol. The van der Waals surface area contributed by atoms with Crippen LogP contribution in [0.1, 0.15) is 53.7 Å². The summed E-state index contributed by atoms with van der Waals surface area (Å²) in [5.41, 5.74) is 0. The van der Waals surface area contributed by atoms with Crippen molar-refractivity contribution < 1.29 is 11.3 Å². The third kappa shape index (κ3) is 30.7. The van der Waals surface area contributed by atoms with Crippen LogP contribution in [-0.4, -0.2) is 12.5 Å². The SMILES string of the molecule is CC(=O)[O-].[2H][C@H](CCCCCCC)[N+]#N. The lowest BCUT2D eigenvalue weighted by Crippen LogP contribution is -2.16. The fourth-order valence-corrected chi connectivity index (χ4v) is 0.897. The van der Waals surface area contributed by atoms with Crippen LogP contribution in [0.2, 0.25) is 0 Å². The molecule has 0 bridgehead atoms. The maximum atomic E-state index is 8.89. The van der Waals surface area contributed by atoms with E-state index in [1.54, 1.807) is 0 Å². The molecule has 0 radical (unpaired) electrons. The zero-order valence-electron chi connectivity index (χ0n) is 10.0. The smallest absolute Gasteiger partial charge is 0.305 e. The molecule has 0 saturated carbocycles. The Hall–Kier alpha value is -1.11. The molecule has 0 fully saturated rings. The minimum atomic E-state index is -1.08. The second-order valence-electron chi connectivity index (χ2n) is 2.99. The van der Waals surface area contributed by atoms with E-state index >= 15 is 0 Å². The molecule has 1 atom stereocenters. The third-order valence-corrected chi connectivity index (χ3v) is 1.52. The van der Waals surface area contributed by atoms with Crippen LogP contribution in [0, 0.1) is 5.39 Å². The highest BCUT2D eigenvalue weighted by Crippen LogP contribution is 2.04. The number of carboxylic acid groups (broad SMARTS) is 1. The summed E-state index contributed by atoms with van der Waals surface area (Å²) in [5, 5.41) is 17.1. The van der Waals surface area contributed by atoms with Crippen molar-refractivity contribution in [2.24, 2.45) is 0 Å². The minimum Gasteiger partial charge on any atom is -0.550 e. The molecule has 0 aromatic rings. The Morgan fingerprint density at radius 3 is 2.21 bits per heavy atom. The van der Waals surface area contributed by atoms with E-state index in [-0.39, 0.29) is 0 Å². The molecule has 0 aromatic heterocycles. The summed E-state index contributed by atoms with van der Waals surface area (Å²) < 4.78 is 7.08. The van der Waals surface area contributed by atoms with Crippen LogP contribution in [0.15, 0.2) is 0 Å². The maximum absolute atomic E-state index is 8.89. The summed E-state index contributed by atoms with van der Waals surface area (Å²) in [4.78, 5) is 11.8. The van der Waals surface area contributed by atoms with Gasteiger partial charge in [0.25, 0.3) is 0 Å². The quantitative estimate of drug-likeness (QED) is 0.487. The van der Waals surface area contributed by atoms with E-state index in [9.17, 15) is 0 Å². The highest BCUT2D eigenvalue weighted by molar-refractivity contribution is 5.60. The Morgan fingerprint density at radius 2 is 1.79 bits per heavy atom. The molecule has 0 N–H and O–H groups in total. The molecule has 4 heteroatoms. The number of hydrogen-bond acceptors (Lipinski definition) is 3. The number of nitrogens with zero attached hydrogens (tertiary/aromatic N) is 2. The predicted octanol–water partition coefficient (Wildman–Crippen LogP) is 1.96.